The summed E-state index contributed by atoms with van der Waals surface area (Å²) in [5.74, 6) is 0. The number of hydrogen-bond acceptors (Lipinski definition) is 5. The minimum absolute atomic E-state index is 0.0521. The first kappa shape index (κ1) is 13.5. The monoisotopic (exact) mass is 342 g/mol. The van der Waals surface area contributed by atoms with Gasteiger partial charge in [-0.1, -0.05) is 6.42 Å². The molecule has 1 saturated carbocycles. The molecule has 1 atom stereocenters. The van der Waals surface area contributed by atoms with Crippen LogP contribution in [-0.2, 0) is 14.2 Å². The van der Waals surface area contributed by atoms with E-state index in [4.69, 9.17) is 9.47 Å². The van der Waals surface area contributed by atoms with Crippen LogP contribution in [0, 0.1) is 0 Å². The Morgan fingerprint density at radius 3 is 2.38 bits per heavy atom. The lowest BCUT2D eigenvalue weighted by Gasteiger charge is -2.22. The summed E-state index contributed by atoms with van der Waals surface area (Å²) in [6, 6.07) is 0. The Morgan fingerprint density at radius 1 is 1.19 bits per heavy atom. The van der Waals surface area contributed by atoms with Crippen molar-refractivity contribution < 1.29 is 23.8 Å². The Kier molecular flexibility index (Phi) is 5.86. The fourth-order valence-corrected chi connectivity index (χ4v) is 1.99. The molecular formula is C10H15IO5. The van der Waals surface area contributed by atoms with E-state index < -0.39 is 16.4 Å². The van der Waals surface area contributed by atoms with Crippen molar-refractivity contribution in [3.63, 3.8) is 0 Å². The zero-order chi connectivity index (χ0) is 12.0. The van der Waals surface area contributed by atoms with E-state index in [9.17, 15) is 9.59 Å². The van der Waals surface area contributed by atoms with Gasteiger partial charge in [0.25, 0.3) is 0 Å². The molecule has 0 aromatic heterocycles. The van der Waals surface area contributed by atoms with Gasteiger partial charge in [0.05, 0.1) is 22.6 Å². The lowest BCUT2D eigenvalue weighted by molar-refractivity contribution is -0.0793. The average molecular weight is 342 g/mol. The van der Waals surface area contributed by atoms with E-state index in [-0.39, 0.29) is 6.10 Å². The van der Waals surface area contributed by atoms with Crippen LogP contribution in [0.4, 0.5) is 9.59 Å². The molecule has 0 aromatic rings. The number of hydrogen-bond donors (Lipinski definition) is 0. The highest BCUT2D eigenvalue weighted by molar-refractivity contribution is 14.1. The van der Waals surface area contributed by atoms with Crippen LogP contribution in [-0.4, -0.2) is 22.5 Å². The summed E-state index contributed by atoms with van der Waals surface area (Å²) in [6.07, 6.45) is 3.40. The highest BCUT2D eigenvalue weighted by atomic mass is 127. The van der Waals surface area contributed by atoms with Crippen LogP contribution < -0.4 is 0 Å². The zero-order valence-electron chi connectivity index (χ0n) is 9.11. The molecule has 6 heteroatoms. The van der Waals surface area contributed by atoms with E-state index in [2.05, 4.69) is 4.74 Å². The topological polar surface area (TPSA) is 61.8 Å². The Hall–Kier alpha value is -0.530. The molecule has 1 aliphatic carbocycles. The van der Waals surface area contributed by atoms with Gasteiger partial charge in [-0.2, -0.15) is 0 Å². The van der Waals surface area contributed by atoms with Crippen molar-refractivity contribution in [1.29, 1.82) is 0 Å². The van der Waals surface area contributed by atoms with Crippen LogP contribution in [0.5, 0.6) is 0 Å². The molecule has 0 bridgehead atoms. The van der Waals surface area contributed by atoms with Gasteiger partial charge < -0.3 is 14.2 Å². The zero-order valence-corrected chi connectivity index (χ0v) is 11.3. The summed E-state index contributed by atoms with van der Waals surface area (Å²) in [4.78, 5) is 21.8. The summed E-state index contributed by atoms with van der Waals surface area (Å²) in [5.41, 5.74) is 0. The van der Waals surface area contributed by atoms with Gasteiger partial charge in [-0.15, -0.1) is 0 Å². The van der Waals surface area contributed by atoms with Gasteiger partial charge in [0.15, 0.2) is 0 Å². The predicted octanol–water partition coefficient (Wildman–Crippen LogP) is 3.39. The molecule has 0 spiro atoms. The van der Waals surface area contributed by atoms with E-state index in [1.807, 2.05) is 0 Å². The fourth-order valence-electron chi connectivity index (χ4n) is 1.64. The van der Waals surface area contributed by atoms with E-state index in [0.717, 1.165) is 25.7 Å². The standard InChI is InChI=1S/C10H15IO5/c1-7(14-9(11)12)15-10(13)16-8-5-3-2-4-6-8/h7-8H,2-6H2,1H3. The molecule has 0 saturated heterocycles. The molecule has 1 rings (SSSR count). The van der Waals surface area contributed by atoms with Crippen LogP contribution in [0.2, 0.25) is 0 Å². The minimum atomic E-state index is -0.902. The number of carbonyl (C=O) groups is 2. The summed E-state index contributed by atoms with van der Waals surface area (Å²) in [6.45, 7) is 1.47. The molecule has 1 unspecified atom stereocenters. The Labute approximate surface area is 108 Å². The van der Waals surface area contributed by atoms with Crippen LogP contribution in [0.25, 0.3) is 0 Å². The molecule has 0 amide bonds. The summed E-state index contributed by atoms with van der Waals surface area (Å²) >= 11 is 1.47. The van der Waals surface area contributed by atoms with Gasteiger partial charge >= 0.3 is 10.1 Å². The maximum Gasteiger partial charge on any atom is 0.511 e. The van der Waals surface area contributed by atoms with E-state index in [0.29, 0.717) is 0 Å². The second-order valence-corrected chi connectivity index (χ2v) is 4.55. The lowest BCUT2D eigenvalue weighted by atomic mass is 9.98. The number of halogens is 1. The summed E-state index contributed by atoms with van der Waals surface area (Å²) in [5, 5.41) is 0. The number of ether oxygens (including phenoxy) is 3. The summed E-state index contributed by atoms with van der Waals surface area (Å²) in [7, 11) is 0. The number of carbonyl (C=O) groups excluding carboxylic acids is 2. The minimum Gasteiger partial charge on any atom is -0.431 e. The van der Waals surface area contributed by atoms with Crippen molar-refractivity contribution in [3.05, 3.63) is 0 Å². The van der Waals surface area contributed by atoms with Crippen molar-refractivity contribution in [2.75, 3.05) is 0 Å². The normalized spacial score (nSPS) is 18.6. The van der Waals surface area contributed by atoms with Crippen LogP contribution in [0.15, 0.2) is 0 Å². The van der Waals surface area contributed by atoms with Crippen molar-refractivity contribution in [1.82, 2.24) is 0 Å². The van der Waals surface area contributed by atoms with E-state index in [1.54, 1.807) is 0 Å². The third-order valence-corrected chi connectivity index (χ3v) is 2.59. The second-order valence-electron chi connectivity index (χ2n) is 3.67. The molecule has 0 aromatic carbocycles. The summed E-state index contributed by atoms with van der Waals surface area (Å²) < 4.78 is 14.0. The van der Waals surface area contributed by atoms with Crippen molar-refractivity contribution in [2.45, 2.75) is 51.4 Å². The molecule has 0 N–H and O–H groups in total. The fraction of sp³-hybridized carbons (Fsp3) is 0.800. The smallest absolute Gasteiger partial charge is 0.431 e. The predicted molar refractivity (Wildman–Crippen MR) is 64.4 cm³/mol. The Balaban J connectivity index is 2.21. The molecule has 1 aliphatic rings. The molecule has 0 heterocycles. The van der Waals surface area contributed by atoms with Gasteiger partial charge in [0.2, 0.25) is 6.29 Å². The SMILES string of the molecule is CC(OC(=O)I)OC(=O)OC1CCCCC1. The quantitative estimate of drug-likeness (QED) is 0.341. The third kappa shape index (κ3) is 5.53. The average Bonchev–Trinajstić information content (AvgIpc) is 2.17. The lowest BCUT2D eigenvalue weighted by Crippen LogP contribution is -2.25. The van der Waals surface area contributed by atoms with E-state index in [1.165, 1.54) is 35.9 Å². The van der Waals surface area contributed by atoms with Crippen LogP contribution >= 0.6 is 22.6 Å². The molecule has 0 aliphatic heterocycles. The molecule has 5 nitrogen and oxygen atoms in total. The molecule has 16 heavy (non-hydrogen) atoms. The van der Waals surface area contributed by atoms with Crippen molar-refractivity contribution in [3.8, 4) is 0 Å². The first-order chi connectivity index (χ1) is 7.58. The first-order valence-electron chi connectivity index (χ1n) is 5.31. The van der Waals surface area contributed by atoms with Crippen LogP contribution in [0.3, 0.4) is 0 Å². The van der Waals surface area contributed by atoms with Crippen molar-refractivity contribution in [2.24, 2.45) is 0 Å². The largest absolute Gasteiger partial charge is 0.511 e. The number of rotatable bonds is 3. The second kappa shape index (κ2) is 6.93. The molecule has 1 fully saturated rings. The Bertz CT molecular complexity index is 250. The molecular weight excluding hydrogens is 327 g/mol. The highest BCUT2D eigenvalue weighted by Gasteiger charge is 2.20. The maximum absolute atomic E-state index is 11.3. The van der Waals surface area contributed by atoms with Gasteiger partial charge in [-0.25, -0.2) is 9.59 Å². The maximum atomic E-state index is 11.3. The first-order valence-corrected chi connectivity index (χ1v) is 6.39. The molecule has 92 valence electrons. The van der Waals surface area contributed by atoms with E-state index >= 15 is 0 Å². The van der Waals surface area contributed by atoms with Gasteiger partial charge in [0, 0.05) is 6.92 Å². The van der Waals surface area contributed by atoms with Crippen LogP contribution in [0.1, 0.15) is 39.0 Å². The Morgan fingerprint density at radius 2 is 1.81 bits per heavy atom. The molecule has 0 radical (unpaired) electrons. The van der Waals surface area contributed by atoms with Gasteiger partial charge in [-0.05, 0) is 25.7 Å². The van der Waals surface area contributed by atoms with Gasteiger partial charge in [-0.3, -0.25) is 0 Å². The van der Waals surface area contributed by atoms with Crippen molar-refractivity contribution >= 4 is 32.7 Å². The van der Waals surface area contributed by atoms with Gasteiger partial charge in [0.1, 0.15) is 6.10 Å². The third-order valence-electron chi connectivity index (χ3n) is 2.34. The highest BCUT2D eigenvalue weighted by Crippen LogP contribution is 2.20.